The predicted molar refractivity (Wildman–Crippen MR) is 115 cm³/mol. The summed E-state index contributed by atoms with van der Waals surface area (Å²) in [5, 5.41) is 9.08. The standard InChI is InChI=1S/C14H22O3Si.C8H8O3/c1-14(2,3)18(5,6)17-12-9-7-8-11(10-12)13(15)16-4;1-11-8(10)6-3-2-4-7(9)5-6/h7-10H,1-6H3;2-5,9H,1H3. The number of ether oxygens (including phenoxy) is 2. The van der Waals surface area contributed by atoms with E-state index in [0.29, 0.717) is 11.1 Å². The van der Waals surface area contributed by atoms with Gasteiger partial charge >= 0.3 is 11.9 Å². The Kier molecular flexibility index (Phi) is 8.45. The number of phenols is 1. The number of hydrogen-bond acceptors (Lipinski definition) is 6. The van der Waals surface area contributed by atoms with E-state index in [1.807, 2.05) is 12.1 Å². The number of aromatic hydroxyl groups is 1. The zero-order chi connectivity index (χ0) is 22.2. The Morgan fingerprint density at radius 3 is 1.79 bits per heavy atom. The van der Waals surface area contributed by atoms with E-state index in [1.54, 1.807) is 24.3 Å². The molecule has 2 rings (SSSR count). The minimum Gasteiger partial charge on any atom is -0.543 e. The molecule has 1 N–H and O–H groups in total. The van der Waals surface area contributed by atoms with Gasteiger partial charge in [0.25, 0.3) is 0 Å². The summed E-state index contributed by atoms with van der Waals surface area (Å²) >= 11 is 0. The Hall–Kier alpha value is -2.80. The molecule has 0 aliphatic rings. The van der Waals surface area contributed by atoms with Crippen LogP contribution in [0.2, 0.25) is 18.1 Å². The van der Waals surface area contributed by atoms with E-state index < -0.39 is 14.3 Å². The highest BCUT2D eigenvalue weighted by molar-refractivity contribution is 6.74. The largest absolute Gasteiger partial charge is 0.543 e. The van der Waals surface area contributed by atoms with Crippen molar-refractivity contribution in [1.29, 1.82) is 0 Å². The molecule has 0 radical (unpaired) electrons. The van der Waals surface area contributed by atoms with Crippen molar-refractivity contribution in [3.8, 4) is 11.5 Å². The van der Waals surface area contributed by atoms with Gasteiger partial charge in [0.1, 0.15) is 11.5 Å². The van der Waals surface area contributed by atoms with E-state index in [1.165, 1.54) is 26.4 Å². The van der Waals surface area contributed by atoms with Crippen molar-refractivity contribution in [2.24, 2.45) is 0 Å². The molecule has 7 heteroatoms. The summed E-state index contributed by atoms with van der Waals surface area (Å²) < 4.78 is 15.3. The van der Waals surface area contributed by atoms with Crippen LogP contribution in [0, 0.1) is 0 Å². The highest BCUT2D eigenvalue weighted by atomic mass is 28.4. The van der Waals surface area contributed by atoms with Gasteiger partial charge in [0.15, 0.2) is 0 Å². The first-order valence-electron chi connectivity index (χ1n) is 9.16. The van der Waals surface area contributed by atoms with Crippen LogP contribution in [0.4, 0.5) is 0 Å². The fraction of sp³-hybridized carbons (Fsp3) is 0.364. The normalized spacial score (nSPS) is 11.0. The van der Waals surface area contributed by atoms with Gasteiger partial charge in [-0.05, 0) is 54.5 Å². The van der Waals surface area contributed by atoms with Crippen LogP contribution in [0.1, 0.15) is 41.5 Å². The molecule has 0 saturated carbocycles. The summed E-state index contributed by atoms with van der Waals surface area (Å²) in [6.07, 6.45) is 0. The average Bonchev–Trinajstić information content (AvgIpc) is 2.66. The number of carbonyl (C=O) groups excluding carboxylic acids is 2. The first kappa shape index (κ1) is 24.2. The van der Waals surface area contributed by atoms with E-state index in [0.717, 1.165) is 5.75 Å². The van der Waals surface area contributed by atoms with Crippen molar-refractivity contribution in [2.75, 3.05) is 14.2 Å². The first-order valence-corrected chi connectivity index (χ1v) is 12.1. The van der Waals surface area contributed by atoms with Gasteiger partial charge < -0.3 is 19.0 Å². The summed E-state index contributed by atoms with van der Waals surface area (Å²) in [7, 11) is 0.811. The van der Waals surface area contributed by atoms with Gasteiger partial charge in [-0.15, -0.1) is 0 Å². The number of phenolic OH excluding ortho intramolecular Hbond substituents is 1. The molecule has 0 spiro atoms. The van der Waals surface area contributed by atoms with Crippen LogP contribution >= 0.6 is 0 Å². The van der Waals surface area contributed by atoms with Gasteiger partial charge in [0.2, 0.25) is 8.32 Å². The molecule has 0 fully saturated rings. The third kappa shape index (κ3) is 7.27. The minimum atomic E-state index is -1.87. The van der Waals surface area contributed by atoms with Crippen LogP contribution in [0.25, 0.3) is 0 Å². The second-order valence-corrected chi connectivity index (χ2v) is 12.6. The molecule has 0 aliphatic heterocycles. The maximum Gasteiger partial charge on any atom is 0.337 e. The van der Waals surface area contributed by atoms with Crippen molar-refractivity contribution in [3.63, 3.8) is 0 Å². The maximum absolute atomic E-state index is 11.5. The Bertz CT molecular complexity index is 839. The Labute approximate surface area is 173 Å². The van der Waals surface area contributed by atoms with Gasteiger partial charge in [-0.25, -0.2) is 9.59 Å². The molecule has 0 atom stereocenters. The molecule has 0 amide bonds. The highest BCUT2D eigenvalue weighted by Gasteiger charge is 2.39. The van der Waals surface area contributed by atoms with Crippen LogP contribution < -0.4 is 4.43 Å². The van der Waals surface area contributed by atoms with Crippen molar-refractivity contribution in [1.82, 2.24) is 0 Å². The number of esters is 2. The number of benzene rings is 2. The third-order valence-corrected chi connectivity index (χ3v) is 9.06. The summed E-state index contributed by atoms with van der Waals surface area (Å²) in [6.45, 7) is 10.9. The Balaban J connectivity index is 0.000000326. The summed E-state index contributed by atoms with van der Waals surface area (Å²) in [5.41, 5.74) is 0.876. The lowest BCUT2D eigenvalue weighted by Gasteiger charge is -2.36. The predicted octanol–water partition coefficient (Wildman–Crippen LogP) is 5.04. The zero-order valence-electron chi connectivity index (χ0n) is 18.1. The Morgan fingerprint density at radius 1 is 0.862 bits per heavy atom. The molecule has 0 unspecified atom stereocenters. The van der Waals surface area contributed by atoms with E-state index in [2.05, 4.69) is 38.6 Å². The van der Waals surface area contributed by atoms with Crippen LogP contribution in [-0.4, -0.2) is 39.6 Å². The quantitative estimate of drug-likeness (QED) is 0.553. The Morgan fingerprint density at radius 2 is 1.34 bits per heavy atom. The molecule has 0 aromatic heterocycles. The third-order valence-electron chi connectivity index (χ3n) is 4.70. The minimum absolute atomic E-state index is 0.0629. The smallest absolute Gasteiger partial charge is 0.337 e. The van der Waals surface area contributed by atoms with Crippen molar-refractivity contribution in [2.45, 2.75) is 38.9 Å². The van der Waals surface area contributed by atoms with E-state index in [4.69, 9.17) is 14.3 Å². The lowest BCUT2D eigenvalue weighted by Crippen LogP contribution is -2.43. The topological polar surface area (TPSA) is 82.1 Å². The first-order chi connectivity index (χ1) is 13.4. The van der Waals surface area contributed by atoms with Crippen LogP contribution in [0.3, 0.4) is 0 Å². The summed E-state index contributed by atoms with van der Waals surface area (Å²) in [6, 6.07) is 13.2. The van der Waals surface area contributed by atoms with Crippen molar-refractivity contribution in [3.05, 3.63) is 59.7 Å². The highest BCUT2D eigenvalue weighted by Crippen LogP contribution is 2.37. The monoisotopic (exact) mass is 418 g/mol. The molecule has 6 nitrogen and oxygen atoms in total. The summed E-state index contributed by atoms with van der Waals surface area (Å²) in [5.74, 6) is 0.0222. The van der Waals surface area contributed by atoms with Gasteiger partial charge in [0.05, 0.1) is 25.3 Å². The van der Waals surface area contributed by atoms with Crippen LogP contribution in [0.5, 0.6) is 11.5 Å². The number of carbonyl (C=O) groups is 2. The van der Waals surface area contributed by atoms with Gasteiger partial charge in [-0.2, -0.15) is 0 Å². The molecule has 0 bridgehead atoms. The van der Waals surface area contributed by atoms with Crippen LogP contribution in [-0.2, 0) is 9.47 Å². The molecule has 29 heavy (non-hydrogen) atoms. The molecular formula is C22H30O6Si. The molecule has 2 aromatic rings. The zero-order valence-corrected chi connectivity index (χ0v) is 19.1. The number of methoxy groups -OCH3 is 2. The van der Waals surface area contributed by atoms with Crippen molar-refractivity contribution >= 4 is 20.3 Å². The van der Waals surface area contributed by atoms with Gasteiger partial charge in [-0.3, -0.25) is 0 Å². The molecule has 0 aliphatic carbocycles. The lowest BCUT2D eigenvalue weighted by molar-refractivity contribution is 0.0591. The van der Waals surface area contributed by atoms with Crippen molar-refractivity contribution < 1.29 is 28.6 Å². The fourth-order valence-electron chi connectivity index (χ4n) is 2.00. The van der Waals surface area contributed by atoms with E-state index in [9.17, 15) is 9.59 Å². The average molecular weight is 419 g/mol. The van der Waals surface area contributed by atoms with Gasteiger partial charge in [0, 0.05) is 0 Å². The van der Waals surface area contributed by atoms with E-state index in [-0.39, 0.29) is 16.8 Å². The second kappa shape index (κ2) is 10.1. The van der Waals surface area contributed by atoms with E-state index >= 15 is 0 Å². The second-order valence-electron chi connectivity index (χ2n) is 7.92. The SMILES string of the molecule is COC(=O)c1cccc(O)c1.COC(=O)c1cccc(O[Si](C)(C)C(C)(C)C)c1. The number of hydrogen-bond donors (Lipinski definition) is 1. The molecular weight excluding hydrogens is 388 g/mol. The molecule has 0 heterocycles. The maximum atomic E-state index is 11.5. The van der Waals surface area contributed by atoms with Crippen LogP contribution in [0.15, 0.2) is 48.5 Å². The molecule has 158 valence electrons. The fourth-order valence-corrected chi connectivity index (χ4v) is 3.03. The molecule has 2 aromatic carbocycles. The summed E-state index contributed by atoms with van der Waals surface area (Å²) in [4.78, 5) is 22.3. The lowest BCUT2D eigenvalue weighted by atomic mass is 10.2. The van der Waals surface area contributed by atoms with Gasteiger partial charge in [-0.1, -0.05) is 32.9 Å². The molecule has 0 saturated heterocycles. The number of rotatable bonds is 4.